The van der Waals surface area contributed by atoms with Crippen LogP contribution in [0.4, 0.5) is 10.1 Å². The number of amides is 1. The summed E-state index contributed by atoms with van der Waals surface area (Å²) in [6.45, 7) is 3.75. The molecular weight excluding hydrogens is 249 g/mol. The summed E-state index contributed by atoms with van der Waals surface area (Å²) < 4.78 is 18.4. The third kappa shape index (κ3) is 3.09. The number of oxazole rings is 1. The van der Waals surface area contributed by atoms with Gasteiger partial charge >= 0.3 is 0 Å². The van der Waals surface area contributed by atoms with Crippen molar-refractivity contribution in [3.63, 3.8) is 0 Å². The average molecular weight is 263 g/mol. The van der Waals surface area contributed by atoms with Gasteiger partial charge in [-0.1, -0.05) is 0 Å². The van der Waals surface area contributed by atoms with Crippen molar-refractivity contribution in [1.29, 1.82) is 0 Å². The Labute approximate surface area is 109 Å². The van der Waals surface area contributed by atoms with E-state index in [1.807, 2.05) is 6.92 Å². The standard InChI is InChI=1S/C13H14FN3O2/c1-7-8(2)19-12(17-7)6-16-13(18)9-3-10(14)5-11(15)4-9/h3-5H,6,15H2,1-2H3,(H,16,18). The predicted molar refractivity (Wildman–Crippen MR) is 68.0 cm³/mol. The third-order valence-electron chi connectivity index (χ3n) is 2.66. The molecule has 19 heavy (non-hydrogen) atoms. The van der Waals surface area contributed by atoms with E-state index in [2.05, 4.69) is 10.3 Å². The van der Waals surface area contributed by atoms with E-state index in [0.29, 0.717) is 11.7 Å². The van der Waals surface area contributed by atoms with E-state index in [0.717, 1.165) is 17.8 Å². The first kappa shape index (κ1) is 13.1. The Balaban J connectivity index is 2.05. The Morgan fingerprint density at radius 2 is 2.16 bits per heavy atom. The fourth-order valence-corrected chi connectivity index (χ4v) is 1.62. The van der Waals surface area contributed by atoms with Crippen molar-refractivity contribution in [2.24, 2.45) is 0 Å². The number of nitrogens with two attached hydrogens (primary N) is 1. The highest BCUT2D eigenvalue weighted by Gasteiger charge is 2.10. The number of hydrogen-bond acceptors (Lipinski definition) is 4. The van der Waals surface area contributed by atoms with Gasteiger partial charge < -0.3 is 15.5 Å². The van der Waals surface area contributed by atoms with Gasteiger partial charge in [-0.05, 0) is 32.0 Å². The average Bonchev–Trinajstić information content (AvgIpc) is 2.64. The lowest BCUT2D eigenvalue weighted by molar-refractivity contribution is 0.0946. The van der Waals surface area contributed by atoms with Crippen LogP contribution >= 0.6 is 0 Å². The SMILES string of the molecule is Cc1nc(CNC(=O)c2cc(N)cc(F)c2)oc1C. The summed E-state index contributed by atoms with van der Waals surface area (Å²) in [4.78, 5) is 15.9. The van der Waals surface area contributed by atoms with Crippen LogP contribution in [0, 0.1) is 19.7 Å². The Hall–Kier alpha value is -2.37. The molecular formula is C13H14FN3O2. The number of carbonyl (C=O) groups is 1. The van der Waals surface area contributed by atoms with E-state index >= 15 is 0 Å². The van der Waals surface area contributed by atoms with Gasteiger partial charge in [0.25, 0.3) is 5.91 Å². The summed E-state index contributed by atoms with van der Waals surface area (Å²) in [5.41, 5.74) is 6.62. The first-order chi connectivity index (χ1) is 8.95. The number of halogens is 1. The van der Waals surface area contributed by atoms with Crippen LogP contribution in [0.15, 0.2) is 22.6 Å². The van der Waals surface area contributed by atoms with E-state index in [-0.39, 0.29) is 17.8 Å². The molecule has 1 heterocycles. The highest BCUT2D eigenvalue weighted by atomic mass is 19.1. The minimum atomic E-state index is -0.548. The molecule has 0 spiro atoms. The summed E-state index contributed by atoms with van der Waals surface area (Å²) >= 11 is 0. The van der Waals surface area contributed by atoms with Crippen molar-refractivity contribution < 1.29 is 13.6 Å². The van der Waals surface area contributed by atoms with Gasteiger partial charge in [0.2, 0.25) is 5.89 Å². The first-order valence-corrected chi connectivity index (χ1v) is 5.73. The second-order valence-electron chi connectivity index (χ2n) is 4.21. The van der Waals surface area contributed by atoms with Crippen molar-refractivity contribution in [2.75, 3.05) is 5.73 Å². The summed E-state index contributed by atoms with van der Waals surface area (Å²) in [6.07, 6.45) is 0. The zero-order valence-corrected chi connectivity index (χ0v) is 10.7. The number of anilines is 1. The first-order valence-electron chi connectivity index (χ1n) is 5.73. The topological polar surface area (TPSA) is 81.2 Å². The van der Waals surface area contributed by atoms with Gasteiger partial charge in [-0.15, -0.1) is 0 Å². The van der Waals surface area contributed by atoms with E-state index < -0.39 is 11.7 Å². The van der Waals surface area contributed by atoms with E-state index in [4.69, 9.17) is 10.2 Å². The van der Waals surface area contributed by atoms with Crippen LogP contribution in [0.25, 0.3) is 0 Å². The number of aromatic nitrogens is 1. The molecule has 0 unspecified atom stereocenters. The maximum atomic E-state index is 13.1. The van der Waals surface area contributed by atoms with Crippen LogP contribution < -0.4 is 11.1 Å². The number of aryl methyl sites for hydroxylation is 2. The van der Waals surface area contributed by atoms with Gasteiger partial charge in [0.05, 0.1) is 12.2 Å². The van der Waals surface area contributed by atoms with Crippen LogP contribution in [0.1, 0.15) is 27.7 Å². The number of nitrogen functional groups attached to an aromatic ring is 1. The quantitative estimate of drug-likeness (QED) is 0.829. The molecule has 0 saturated carbocycles. The highest BCUT2D eigenvalue weighted by molar-refractivity contribution is 5.94. The fourth-order valence-electron chi connectivity index (χ4n) is 1.62. The van der Waals surface area contributed by atoms with Gasteiger partial charge in [0.1, 0.15) is 11.6 Å². The lowest BCUT2D eigenvalue weighted by Crippen LogP contribution is -2.23. The summed E-state index contributed by atoms with van der Waals surface area (Å²) in [5, 5.41) is 2.59. The maximum Gasteiger partial charge on any atom is 0.251 e. The second kappa shape index (κ2) is 5.09. The zero-order valence-electron chi connectivity index (χ0n) is 10.7. The molecule has 6 heteroatoms. The maximum absolute atomic E-state index is 13.1. The van der Waals surface area contributed by atoms with E-state index in [1.165, 1.54) is 6.07 Å². The Bertz CT molecular complexity index is 583. The second-order valence-corrected chi connectivity index (χ2v) is 4.21. The number of hydrogen-bond donors (Lipinski definition) is 2. The number of carbonyl (C=O) groups excluding carboxylic acids is 1. The Morgan fingerprint density at radius 3 is 2.74 bits per heavy atom. The van der Waals surface area contributed by atoms with Crippen LogP contribution in [-0.4, -0.2) is 10.9 Å². The minimum absolute atomic E-state index is 0.143. The smallest absolute Gasteiger partial charge is 0.251 e. The van der Waals surface area contributed by atoms with Crippen molar-refractivity contribution in [3.8, 4) is 0 Å². The molecule has 3 N–H and O–H groups in total. The normalized spacial score (nSPS) is 10.5. The molecule has 0 atom stereocenters. The highest BCUT2D eigenvalue weighted by Crippen LogP contribution is 2.11. The Kier molecular flexibility index (Phi) is 3.50. The van der Waals surface area contributed by atoms with Crippen LogP contribution in [-0.2, 0) is 6.54 Å². The Morgan fingerprint density at radius 1 is 1.42 bits per heavy atom. The van der Waals surface area contributed by atoms with Crippen LogP contribution in [0.5, 0.6) is 0 Å². The lowest BCUT2D eigenvalue weighted by Gasteiger charge is -2.04. The van der Waals surface area contributed by atoms with Gasteiger partial charge in [-0.2, -0.15) is 0 Å². The molecule has 0 bridgehead atoms. The molecule has 0 saturated heterocycles. The number of rotatable bonds is 3. The molecule has 0 aliphatic carbocycles. The van der Waals surface area contributed by atoms with Crippen LogP contribution in [0.3, 0.4) is 0 Å². The van der Waals surface area contributed by atoms with Gasteiger partial charge in [-0.3, -0.25) is 4.79 Å². The van der Waals surface area contributed by atoms with Gasteiger partial charge in [0.15, 0.2) is 0 Å². The zero-order chi connectivity index (χ0) is 14.0. The van der Waals surface area contributed by atoms with E-state index in [9.17, 15) is 9.18 Å². The molecule has 0 fully saturated rings. The lowest BCUT2D eigenvalue weighted by atomic mass is 10.2. The van der Waals surface area contributed by atoms with Gasteiger partial charge in [0, 0.05) is 11.3 Å². The summed E-state index contributed by atoms with van der Waals surface area (Å²) in [7, 11) is 0. The van der Waals surface area contributed by atoms with Crippen molar-refractivity contribution in [1.82, 2.24) is 10.3 Å². The number of nitrogens with one attached hydrogen (secondary N) is 1. The van der Waals surface area contributed by atoms with Crippen molar-refractivity contribution in [3.05, 3.63) is 46.9 Å². The third-order valence-corrected chi connectivity index (χ3v) is 2.66. The molecule has 1 aromatic carbocycles. The van der Waals surface area contributed by atoms with Crippen molar-refractivity contribution in [2.45, 2.75) is 20.4 Å². The largest absolute Gasteiger partial charge is 0.444 e. The molecule has 0 radical (unpaired) electrons. The summed E-state index contributed by atoms with van der Waals surface area (Å²) in [6, 6.07) is 3.68. The number of nitrogens with zero attached hydrogens (tertiary/aromatic N) is 1. The molecule has 1 aromatic heterocycles. The van der Waals surface area contributed by atoms with Crippen molar-refractivity contribution >= 4 is 11.6 Å². The molecule has 1 amide bonds. The monoisotopic (exact) mass is 263 g/mol. The summed E-state index contributed by atoms with van der Waals surface area (Å²) in [5.74, 6) is 0.139. The fraction of sp³-hybridized carbons (Fsp3) is 0.231. The molecule has 0 aliphatic rings. The minimum Gasteiger partial charge on any atom is -0.444 e. The van der Waals surface area contributed by atoms with E-state index in [1.54, 1.807) is 6.92 Å². The number of benzene rings is 1. The van der Waals surface area contributed by atoms with Gasteiger partial charge in [-0.25, -0.2) is 9.37 Å². The molecule has 5 nitrogen and oxygen atoms in total. The predicted octanol–water partition coefficient (Wildman–Crippen LogP) is 1.94. The molecule has 100 valence electrons. The van der Waals surface area contributed by atoms with Crippen LogP contribution in [0.2, 0.25) is 0 Å². The molecule has 2 rings (SSSR count). The molecule has 0 aliphatic heterocycles. The molecule has 2 aromatic rings.